The summed E-state index contributed by atoms with van der Waals surface area (Å²) in [4.78, 5) is 57.5. The van der Waals surface area contributed by atoms with Gasteiger partial charge in [-0.25, -0.2) is 9.59 Å². The molecule has 0 aliphatic heterocycles. The molecule has 270 valence electrons. The second-order valence-electron chi connectivity index (χ2n) is 15.2. The van der Waals surface area contributed by atoms with E-state index in [0.29, 0.717) is 11.1 Å². The lowest BCUT2D eigenvalue weighted by Crippen LogP contribution is -2.60. The topological polar surface area (TPSA) is 154 Å². The smallest absolute Gasteiger partial charge is 0.408 e. The van der Waals surface area contributed by atoms with E-state index in [2.05, 4.69) is 10.6 Å². The third kappa shape index (κ3) is 12.1. The molecule has 0 bridgehead atoms. The van der Waals surface area contributed by atoms with Crippen molar-refractivity contribution in [3.63, 3.8) is 0 Å². The Kier molecular flexibility index (Phi) is 12.7. The molecule has 3 atom stereocenters. The molecule has 0 fully saturated rings. The molecule has 0 saturated carbocycles. The zero-order chi connectivity index (χ0) is 37.4. The minimum absolute atomic E-state index is 0.00337. The summed E-state index contributed by atoms with van der Waals surface area (Å²) in [7, 11) is 0. The average Bonchev–Trinajstić information content (AvgIpc) is 2.98. The Morgan fingerprint density at radius 1 is 0.640 bits per heavy atom. The van der Waals surface area contributed by atoms with Gasteiger partial charge in [0.25, 0.3) is 0 Å². The second-order valence-corrected chi connectivity index (χ2v) is 15.2. The Hall–Kier alpha value is -5.06. The maximum absolute atomic E-state index is 14.8. The van der Waals surface area contributed by atoms with Crippen molar-refractivity contribution in [2.45, 2.75) is 110 Å². The van der Waals surface area contributed by atoms with Gasteiger partial charge in [-0.05, 0) is 103 Å². The molecule has 3 unspecified atom stereocenters. The number of carbonyl (C=O) groups excluding carboxylic acids is 4. The number of esters is 1. The van der Waals surface area contributed by atoms with Gasteiger partial charge in [0, 0.05) is 18.4 Å². The van der Waals surface area contributed by atoms with Gasteiger partial charge in [0.1, 0.15) is 40.8 Å². The van der Waals surface area contributed by atoms with Gasteiger partial charge >= 0.3 is 12.1 Å². The van der Waals surface area contributed by atoms with Crippen LogP contribution in [-0.2, 0) is 36.7 Å². The number of nitrogens with one attached hydrogen (secondary N) is 2. The van der Waals surface area contributed by atoms with E-state index < -0.39 is 58.7 Å². The highest BCUT2D eigenvalue weighted by Gasteiger charge is 2.43. The minimum atomic E-state index is -1.33. The number of carbonyl (C=O) groups is 4. The summed E-state index contributed by atoms with van der Waals surface area (Å²) >= 11 is 0. The maximum Gasteiger partial charge on any atom is 0.408 e. The molecule has 3 aromatic rings. The van der Waals surface area contributed by atoms with Crippen molar-refractivity contribution in [3.05, 3.63) is 95.6 Å². The van der Waals surface area contributed by atoms with Crippen LogP contribution in [0.15, 0.2) is 78.9 Å². The summed E-state index contributed by atoms with van der Waals surface area (Å²) in [6, 6.07) is 17.6. The van der Waals surface area contributed by atoms with Crippen LogP contribution < -0.4 is 10.6 Å². The number of amides is 3. The Labute approximate surface area is 295 Å². The molecule has 11 nitrogen and oxygen atoms in total. The van der Waals surface area contributed by atoms with Gasteiger partial charge in [0.15, 0.2) is 0 Å². The molecule has 0 aliphatic rings. The van der Waals surface area contributed by atoms with Gasteiger partial charge in [-0.3, -0.25) is 9.59 Å². The summed E-state index contributed by atoms with van der Waals surface area (Å²) in [5, 5.41) is 25.5. The predicted molar refractivity (Wildman–Crippen MR) is 190 cm³/mol. The van der Waals surface area contributed by atoms with Crippen LogP contribution >= 0.6 is 0 Å². The van der Waals surface area contributed by atoms with Crippen molar-refractivity contribution >= 4 is 23.9 Å². The molecule has 4 N–H and O–H groups in total. The van der Waals surface area contributed by atoms with Gasteiger partial charge in [0.2, 0.25) is 11.8 Å². The van der Waals surface area contributed by atoms with Crippen molar-refractivity contribution < 1.29 is 38.9 Å². The van der Waals surface area contributed by atoms with Crippen LogP contribution in [0.5, 0.6) is 11.5 Å². The second kappa shape index (κ2) is 16.1. The molecule has 50 heavy (non-hydrogen) atoms. The fourth-order valence-corrected chi connectivity index (χ4v) is 5.27. The first kappa shape index (κ1) is 39.4. The monoisotopic (exact) mass is 689 g/mol. The maximum atomic E-state index is 14.8. The highest BCUT2D eigenvalue weighted by Crippen LogP contribution is 2.32. The highest BCUT2D eigenvalue weighted by molar-refractivity contribution is 5.94. The van der Waals surface area contributed by atoms with Gasteiger partial charge in [-0.15, -0.1) is 0 Å². The third-order valence-electron chi connectivity index (χ3n) is 7.33. The molecule has 0 aliphatic carbocycles. The number of phenolic OH excluding ortho intramolecular Hbond substituents is 2. The third-order valence-corrected chi connectivity index (χ3v) is 7.33. The molecular weight excluding hydrogens is 638 g/mol. The van der Waals surface area contributed by atoms with Crippen LogP contribution in [0.3, 0.4) is 0 Å². The Bertz CT molecular complexity index is 1600. The molecule has 0 spiro atoms. The van der Waals surface area contributed by atoms with E-state index in [-0.39, 0.29) is 24.3 Å². The van der Waals surface area contributed by atoms with Gasteiger partial charge in [0.05, 0.1) is 0 Å². The summed E-state index contributed by atoms with van der Waals surface area (Å²) in [5.41, 5.74) is -0.958. The molecule has 0 saturated heterocycles. The van der Waals surface area contributed by atoms with Crippen LogP contribution in [0.1, 0.15) is 85.0 Å². The fourth-order valence-electron chi connectivity index (χ4n) is 5.27. The van der Waals surface area contributed by atoms with Gasteiger partial charge in [-0.2, -0.15) is 0 Å². The van der Waals surface area contributed by atoms with Crippen LogP contribution in [0.25, 0.3) is 0 Å². The average molecular weight is 690 g/mol. The zero-order valence-corrected chi connectivity index (χ0v) is 30.4. The van der Waals surface area contributed by atoms with Crippen molar-refractivity contribution in [3.8, 4) is 11.5 Å². The molecule has 3 rings (SSSR count). The van der Waals surface area contributed by atoms with E-state index in [0.717, 1.165) is 5.56 Å². The number of benzene rings is 3. The van der Waals surface area contributed by atoms with Crippen LogP contribution in [0.2, 0.25) is 0 Å². The Balaban J connectivity index is 2.13. The number of phenols is 2. The Morgan fingerprint density at radius 3 is 1.62 bits per heavy atom. The fraction of sp³-hybridized carbons (Fsp3) is 0.436. The first-order valence-corrected chi connectivity index (χ1v) is 16.6. The first-order chi connectivity index (χ1) is 23.1. The highest BCUT2D eigenvalue weighted by atomic mass is 16.6. The first-order valence-electron chi connectivity index (χ1n) is 16.6. The number of nitrogens with zero attached hydrogens (tertiary/aromatic N) is 1. The lowest BCUT2D eigenvalue weighted by molar-refractivity contribution is -0.159. The number of hydrogen-bond acceptors (Lipinski definition) is 8. The molecule has 0 radical (unpaired) electrons. The van der Waals surface area contributed by atoms with Crippen LogP contribution in [-0.4, -0.2) is 67.8 Å². The molecule has 0 aromatic heterocycles. The summed E-state index contributed by atoms with van der Waals surface area (Å²) in [5.74, 6) is -1.95. The van der Waals surface area contributed by atoms with Crippen molar-refractivity contribution in [2.75, 3.05) is 0 Å². The quantitative estimate of drug-likeness (QED) is 0.180. The molecule has 3 aromatic carbocycles. The Morgan fingerprint density at radius 2 is 1.12 bits per heavy atom. The number of ether oxygens (including phenoxy) is 2. The van der Waals surface area contributed by atoms with E-state index in [1.807, 2.05) is 30.3 Å². The lowest BCUT2D eigenvalue weighted by atomic mass is 9.93. The summed E-state index contributed by atoms with van der Waals surface area (Å²) in [6.45, 7) is 15.6. The standard InChI is InChI=1S/C39H51N3O8/c1-37(2,3)42(34(46)30(41-36(48)50-39(7,8)9)23-26-15-19-28(43)20-16-26)32(27-17-21-29(44)22-18-27)33(45)40-31(35(47)49-38(4,5)6)24-25-13-11-10-12-14-25/h10-22,30-32,43-44H,23-24H2,1-9H3,(H,40,45)(H,41,48). The van der Waals surface area contributed by atoms with E-state index >= 15 is 0 Å². The molecular formula is C39H51N3O8. The van der Waals surface area contributed by atoms with Crippen molar-refractivity contribution in [1.82, 2.24) is 15.5 Å². The van der Waals surface area contributed by atoms with Crippen LogP contribution in [0, 0.1) is 0 Å². The van der Waals surface area contributed by atoms with Crippen LogP contribution in [0.4, 0.5) is 4.79 Å². The summed E-state index contributed by atoms with van der Waals surface area (Å²) < 4.78 is 11.2. The van der Waals surface area contributed by atoms with Gasteiger partial charge in [-0.1, -0.05) is 54.6 Å². The number of hydrogen-bond donors (Lipinski definition) is 4. The largest absolute Gasteiger partial charge is 0.508 e. The molecule has 0 heterocycles. The zero-order valence-electron chi connectivity index (χ0n) is 30.4. The summed E-state index contributed by atoms with van der Waals surface area (Å²) in [6.07, 6.45) is -0.706. The van der Waals surface area contributed by atoms with Crippen molar-refractivity contribution in [2.24, 2.45) is 0 Å². The lowest BCUT2D eigenvalue weighted by Gasteiger charge is -2.43. The molecule has 3 amide bonds. The van der Waals surface area contributed by atoms with Crippen molar-refractivity contribution in [1.29, 1.82) is 0 Å². The SMILES string of the molecule is CC(C)(C)OC(=O)NC(Cc1ccc(O)cc1)C(=O)N(C(C(=O)NC(Cc1ccccc1)C(=O)OC(C)(C)C)c1ccc(O)cc1)C(C)(C)C. The number of rotatable bonds is 11. The van der Waals surface area contributed by atoms with E-state index in [9.17, 15) is 29.4 Å². The number of aromatic hydroxyl groups is 2. The van der Waals surface area contributed by atoms with Gasteiger partial charge < -0.3 is 35.2 Å². The minimum Gasteiger partial charge on any atom is -0.508 e. The number of alkyl carbamates (subject to hydrolysis) is 1. The van der Waals surface area contributed by atoms with E-state index in [4.69, 9.17) is 9.47 Å². The predicted octanol–water partition coefficient (Wildman–Crippen LogP) is 5.97. The van der Waals surface area contributed by atoms with E-state index in [1.165, 1.54) is 41.3 Å². The normalized spacial score (nSPS) is 13.7. The molecule has 11 heteroatoms. The van der Waals surface area contributed by atoms with E-state index in [1.54, 1.807) is 74.4 Å².